The molecule has 0 atom stereocenters. The van der Waals surface area contributed by atoms with E-state index >= 15 is 0 Å². The van der Waals surface area contributed by atoms with E-state index in [0.717, 1.165) is 39.3 Å². The highest BCUT2D eigenvalue weighted by Gasteiger charge is 2.17. The van der Waals surface area contributed by atoms with Crippen LogP contribution in [0.3, 0.4) is 0 Å². The summed E-state index contributed by atoms with van der Waals surface area (Å²) < 4.78 is 0. The van der Waals surface area contributed by atoms with Crippen LogP contribution in [-0.4, -0.2) is 96.3 Å². The summed E-state index contributed by atoms with van der Waals surface area (Å²) in [5.74, 6) is 0. The Morgan fingerprint density at radius 1 is 0.857 bits per heavy atom. The molecule has 3 rings (SSSR count). The van der Waals surface area contributed by atoms with E-state index in [1.807, 2.05) is 0 Å². The first kappa shape index (κ1) is 15.0. The predicted octanol–water partition coefficient (Wildman–Crippen LogP) is -0.0955. The van der Waals surface area contributed by atoms with Crippen LogP contribution >= 0.6 is 0 Å². The summed E-state index contributed by atoms with van der Waals surface area (Å²) in [6, 6.07) is 2.25. The summed E-state index contributed by atoms with van der Waals surface area (Å²) in [5.41, 5.74) is 2.44. The molecule has 1 aromatic rings. The van der Waals surface area contributed by atoms with E-state index in [0.29, 0.717) is 0 Å². The minimum Gasteiger partial charge on any atom is -0.304 e. The smallest absolute Gasteiger partial charge is 0.0765 e. The lowest BCUT2D eigenvalue weighted by molar-refractivity contribution is 0.146. The van der Waals surface area contributed by atoms with Crippen molar-refractivity contribution in [3.05, 3.63) is 17.5 Å². The molecule has 0 aromatic carbocycles. The molecule has 2 aliphatic heterocycles. The maximum Gasteiger partial charge on any atom is 0.0765 e. The van der Waals surface area contributed by atoms with Crippen molar-refractivity contribution in [1.82, 2.24) is 29.8 Å². The van der Waals surface area contributed by atoms with Crippen molar-refractivity contribution < 1.29 is 0 Å². The minimum absolute atomic E-state index is 0.979. The van der Waals surface area contributed by atoms with Gasteiger partial charge in [-0.3, -0.25) is 14.9 Å². The van der Waals surface area contributed by atoms with Gasteiger partial charge >= 0.3 is 0 Å². The predicted molar refractivity (Wildman–Crippen MR) is 84.1 cm³/mol. The SMILES string of the molecule is CN1CCN(Cc2cc(CN3CCN(C)CC3)[nH]n2)CC1. The Bertz CT molecular complexity index is 391. The number of nitrogens with zero attached hydrogens (tertiary/aromatic N) is 5. The van der Waals surface area contributed by atoms with Crippen molar-refractivity contribution >= 4 is 0 Å². The van der Waals surface area contributed by atoms with Gasteiger partial charge in [0.15, 0.2) is 0 Å². The third-order valence-corrected chi connectivity index (χ3v) is 4.66. The van der Waals surface area contributed by atoms with Crippen LogP contribution < -0.4 is 0 Å². The molecule has 0 amide bonds. The van der Waals surface area contributed by atoms with Crippen LogP contribution in [0.15, 0.2) is 6.07 Å². The van der Waals surface area contributed by atoms with Crippen LogP contribution in [0.1, 0.15) is 11.4 Å². The first-order chi connectivity index (χ1) is 10.2. The van der Waals surface area contributed by atoms with Gasteiger partial charge < -0.3 is 9.80 Å². The molecule has 2 fully saturated rings. The molecule has 6 heteroatoms. The monoisotopic (exact) mass is 292 g/mol. The van der Waals surface area contributed by atoms with Gasteiger partial charge in [-0.15, -0.1) is 0 Å². The molecular formula is C15H28N6. The van der Waals surface area contributed by atoms with Gasteiger partial charge in [-0.1, -0.05) is 0 Å². The maximum absolute atomic E-state index is 4.49. The van der Waals surface area contributed by atoms with Gasteiger partial charge in [0.25, 0.3) is 0 Å². The number of nitrogens with one attached hydrogen (secondary N) is 1. The van der Waals surface area contributed by atoms with Gasteiger partial charge in [-0.05, 0) is 20.2 Å². The van der Waals surface area contributed by atoms with Crippen molar-refractivity contribution in [3.8, 4) is 0 Å². The Hall–Kier alpha value is -0.950. The van der Waals surface area contributed by atoms with Gasteiger partial charge in [0.2, 0.25) is 0 Å². The molecule has 6 nitrogen and oxygen atoms in total. The number of likely N-dealkylation sites (N-methyl/N-ethyl adjacent to an activating group) is 2. The van der Waals surface area contributed by atoms with E-state index < -0.39 is 0 Å². The topological polar surface area (TPSA) is 41.6 Å². The number of hydrogen-bond donors (Lipinski definition) is 1. The number of H-pyrrole nitrogens is 1. The quantitative estimate of drug-likeness (QED) is 0.840. The van der Waals surface area contributed by atoms with E-state index in [9.17, 15) is 0 Å². The highest BCUT2D eigenvalue weighted by Crippen LogP contribution is 2.10. The lowest BCUT2D eigenvalue weighted by Crippen LogP contribution is -2.44. The van der Waals surface area contributed by atoms with Gasteiger partial charge in [0.05, 0.1) is 5.69 Å². The fourth-order valence-electron chi connectivity index (χ4n) is 3.05. The van der Waals surface area contributed by atoms with E-state index in [-0.39, 0.29) is 0 Å². The summed E-state index contributed by atoms with van der Waals surface area (Å²) in [5, 5.41) is 7.71. The fourth-order valence-corrected chi connectivity index (χ4v) is 3.05. The Morgan fingerprint density at radius 2 is 1.38 bits per heavy atom. The lowest BCUT2D eigenvalue weighted by atomic mass is 10.2. The zero-order valence-electron chi connectivity index (χ0n) is 13.4. The van der Waals surface area contributed by atoms with Crippen molar-refractivity contribution in [2.45, 2.75) is 13.1 Å². The number of piperazine rings is 2. The fraction of sp³-hybridized carbons (Fsp3) is 0.800. The highest BCUT2D eigenvalue weighted by molar-refractivity contribution is 5.09. The second-order valence-corrected chi connectivity index (χ2v) is 6.54. The molecule has 2 saturated heterocycles. The van der Waals surface area contributed by atoms with Gasteiger partial charge in [0.1, 0.15) is 0 Å². The van der Waals surface area contributed by atoms with Crippen molar-refractivity contribution in [2.24, 2.45) is 0 Å². The first-order valence-electron chi connectivity index (χ1n) is 8.04. The molecular weight excluding hydrogens is 264 g/mol. The van der Waals surface area contributed by atoms with Crippen molar-refractivity contribution in [1.29, 1.82) is 0 Å². The maximum atomic E-state index is 4.49. The minimum atomic E-state index is 0.979. The van der Waals surface area contributed by atoms with Crippen molar-refractivity contribution in [3.63, 3.8) is 0 Å². The van der Waals surface area contributed by atoms with Gasteiger partial charge in [-0.25, -0.2) is 0 Å². The summed E-state index contributed by atoms with van der Waals surface area (Å²) in [4.78, 5) is 9.78. The number of aromatic nitrogens is 2. The molecule has 2 aliphatic rings. The number of hydrogen-bond acceptors (Lipinski definition) is 5. The third-order valence-electron chi connectivity index (χ3n) is 4.66. The second kappa shape index (κ2) is 6.87. The van der Waals surface area contributed by atoms with E-state index in [2.05, 4.69) is 50.0 Å². The Morgan fingerprint density at radius 3 is 1.95 bits per heavy atom. The first-order valence-corrected chi connectivity index (χ1v) is 8.04. The third kappa shape index (κ3) is 4.26. The number of aromatic amines is 1. The molecule has 1 N–H and O–H groups in total. The van der Waals surface area contributed by atoms with Crippen LogP contribution in [0.2, 0.25) is 0 Å². The summed E-state index contributed by atoms with van der Waals surface area (Å²) in [6.07, 6.45) is 0. The molecule has 3 heterocycles. The molecule has 0 radical (unpaired) electrons. The largest absolute Gasteiger partial charge is 0.304 e. The molecule has 0 bridgehead atoms. The molecule has 1 aromatic heterocycles. The van der Waals surface area contributed by atoms with Crippen LogP contribution in [0.25, 0.3) is 0 Å². The highest BCUT2D eigenvalue weighted by atomic mass is 15.3. The molecule has 21 heavy (non-hydrogen) atoms. The average Bonchev–Trinajstić information content (AvgIpc) is 2.91. The standard InChI is InChI=1S/C15H28N6/c1-18-3-7-20(8-4-18)12-14-11-15(17-16-14)13-21-9-5-19(2)6-10-21/h11H,3-10,12-13H2,1-2H3,(H,16,17). The summed E-state index contributed by atoms with van der Waals surface area (Å²) in [7, 11) is 4.39. The van der Waals surface area contributed by atoms with Crippen molar-refractivity contribution in [2.75, 3.05) is 66.5 Å². The molecule has 0 saturated carbocycles. The van der Waals surface area contributed by atoms with E-state index in [1.165, 1.54) is 37.6 Å². The van der Waals surface area contributed by atoms with Crippen LogP contribution in [0.4, 0.5) is 0 Å². The lowest BCUT2D eigenvalue weighted by Gasteiger charge is -2.32. The van der Waals surface area contributed by atoms with Crippen LogP contribution in [0.5, 0.6) is 0 Å². The summed E-state index contributed by atoms with van der Waals surface area (Å²) in [6.45, 7) is 11.3. The Balaban J connectivity index is 1.47. The average molecular weight is 292 g/mol. The van der Waals surface area contributed by atoms with E-state index in [1.54, 1.807) is 0 Å². The Labute approximate surface area is 127 Å². The Kier molecular flexibility index (Phi) is 4.90. The zero-order valence-corrected chi connectivity index (χ0v) is 13.4. The normalized spacial score (nSPS) is 23.7. The number of rotatable bonds is 4. The van der Waals surface area contributed by atoms with Crippen LogP contribution in [-0.2, 0) is 13.1 Å². The molecule has 118 valence electrons. The van der Waals surface area contributed by atoms with Gasteiger partial charge in [0, 0.05) is 71.1 Å². The second-order valence-electron chi connectivity index (χ2n) is 6.54. The molecule has 0 aliphatic carbocycles. The zero-order chi connectivity index (χ0) is 14.7. The van der Waals surface area contributed by atoms with E-state index in [4.69, 9.17) is 0 Å². The molecule has 0 unspecified atom stereocenters. The van der Waals surface area contributed by atoms with Gasteiger partial charge in [-0.2, -0.15) is 5.10 Å². The van der Waals surface area contributed by atoms with Crippen LogP contribution in [0, 0.1) is 0 Å². The molecule has 0 spiro atoms. The summed E-state index contributed by atoms with van der Waals surface area (Å²) >= 11 is 0.